The quantitative estimate of drug-likeness (QED) is 0.798. The summed E-state index contributed by atoms with van der Waals surface area (Å²) in [5, 5.41) is 1.04. The molecule has 4 fully saturated rings. The average Bonchev–Trinajstić information content (AvgIpc) is 2.92. The minimum absolute atomic E-state index is 0.153. The highest BCUT2D eigenvalue weighted by Crippen LogP contribution is 2.44. The summed E-state index contributed by atoms with van der Waals surface area (Å²) >= 11 is 1.69. The molecule has 1 aromatic rings. The van der Waals surface area contributed by atoms with Crippen molar-refractivity contribution >= 4 is 22.4 Å². The van der Waals surface area contributed by atoms with Gasteiger partial charge in [0.15, 0.2) is 0 Å². The van der Waals surface area contributed by atoms with Gasteiger partial charge in [0.2, 0.25) is 0 Å². The fourth-order valence-corrected chi connectivity index (χ4v) is 4.89. The minimum atomic E-state index is -0.251. The largest absolute Gasteiger partial charge is 0.439 e. The summed E-state index contributed by atoms with van der Waals surface area (Å²) in [5.41, 5.74) is 1.01. The second-order valence-corrected chi connectivity index (χ2v) is 7.63. The van der Waals surface area contributed by atoms with Crippen LogP contribution in [-0.4, -0.2) is 42.8 Å². The van der Waals surface area contributed by atoms with Crippen LogP contribution in [-0.2, 0) is 4.74 Å². The molecule has 0 radical (unpaired) electrons. The average molecular weight is 292 g/mol. The van der Waals surface area contributed by atoms with E-state index in [-0.39, 0.29) is 11.7 Å². The maximum Gasteiger partial charge on any atom is 0.415 e. The van der Waals surface area contributed by atoms with E-state index in [2.05, 4.69) is 24.8 Å². The Kier molecular flexibility index (Phi) is 2.67. The van der Waals surface area contributed by atoms with Crippen LogP contribution < -0.4 is 4.90 Å². The number of carbonyl (C=O) groups is 1. The highest BCUT2D eigenvalue weighted by Gasteiger charge is 2.55. The second kappa shape index (κ2) is 4.21. The Morgan fingerprint density at radius 2 is 2.05 bits per heavy atom. The summed E-state index contributed by atoms with van der Waals surface area (Å²) in [4.78, 5) is 17.9. The molecule has 5 rings (SSSR count). The fourth-order valence-electron chi connectivity index (χ4n) is 3.87. The lowest BCUT2D eigenvalue weighted by Gasteiger charge is -2.49. The molecule has 0 aromatic carbocycles. The van der Waals surface area contributed by atoms with Gasteiger partial charge in [0.05, 0.1) is 6.54 Å². The molecule has 108 valence electrons. The Morgan fingerprint density at radius 1 is 1.30 bits per heavy atom. The Morgan fingerprint density at radius 3 is 2.60 bits per heavy atom. The van der Waals surface area contributed by atoms with Gasteiger partial charge in [-0.1, -0.05) is 0 Å². The molecular formula is C15H20N2O2S. The van der Waals surface area contributed by atoms with Gasteiger partial charge in [0, 0.05) is 17.3 Å². The van der Waals surface area contributed by atoms with E-state index in [1.165, 1.54) is 36.4 Å². The third-order valence-corrected chi connectivity index (χ3v) is 6.35. The van der Waals surface area contributed by atoms with Crippen molar-refractivity contribution in [3.05, 3.63) is 16.5 Å². The topological polar surface area (TPSA) is 32.8 Å². The number of nitrogens with zero attached hydrogens (tertiary/aromatic N) is 2. The molecule has 4 saturated heterocycles. The van der Waals surface area contributed by atoms with Gasteiger partial charge < -0.3 is 4.74 Å². The van der Waals surface area contributed by atoms with E-state index in [0.29, 0.717) is 5.92 Å². The first-order valence-corrected chi connectivity index (χ1v) is 8.19. The highest BCUT2D eigenvalue weighted by molar-refractivity contribution is 7.16. The summed E-state index contributed by atoms with van der Waals surface area (Å²) in [7, 11) is 0. The van der Waals surface area contributed by atoms with E-state index < -0.39 is 0 Å². The normalized spacial score (nSPS) is 35.9. The molecule has 1 spiro atoms. The number of piperidine rings is 3. The summed E-state index contributed by atoms with van der Waals surface area (Å²) in [5.74, 6) is 0.545. The van der Waals surface area contributed by atoms with Crippen LogP contribution in [0.15, 0.2) is 6.07 Å². The molecule has 0 unspecified atom stereocenters. The number of hydrogen-bond donors (Lipinski definition) is 0. The summed E-state index contributed by atoms with van der Waals surface area (Å²) in [6.07, 6.45) is 2.19. The van der Waals surface area contributed by atoms with Gasteiger partial charge in [-0.3, -0.25) is 9.80 Å². The number of ether oxygens (including phenoxy) is 1. The Balaban J connectivity index is 1.63. The van der Waals surface area contributed by atoms with E-state index >= 15 is 0 Å². The van der Waals surface area contributed by atoms with Gasteiger partial charge in [-0.2, -0.15) is 0 Å². The van der Waals surface area contributed by atoms with Crippen molar-refractivity contribution in [3.8, 4) is 0 Å². The zero-order chi connectivity index (χ0) is 13.9. The first-order valence-electron chi connectivity index (χ1n) is 7.37. The second-order valence-electron chi connectivity index (χ2n) is 6.39. The van der Waals surface area contributed by atoms with Crippen LogP contribution in [0.25, 0.3) is 0 Å². The Bertz CT molecular complexity index is 543. The number of hydrogen-bond acceptors (Lipinski definition) is 4. The third kappa shape index (κ3) is 1.72. The first kappa shape index (κ1) is 12.7. The number of carbonyl (C=O) groups excluding carboxylic acids is 1. The van der Waals surface area contributed by atoms with Crippen LogP contribution >= 0.6 is 11.3 Å². The molecule has 1 amide bonds. The van der Waals surface area contributed by atoms with E-state index in [9.17, 15) is 4.79 Å². The van der Waals surface area contributed by atoms with Crippen molar-refractivity contribution in [2.75, 3.05) is 31.1 Å². The van der Waals surface area contributed by atoms with E-state index in [4.69, 9.17) is 4.74 Å². The molecule has 4 aliphatic rings. The van der Waals surface area contributed by atoms with Crippen LogP contribution in [0.4, 0.5) is 9.80 Å². The van der Waals surface area contributed by atoms with Crippen molar-refractivity contribution < 1.29 is 9.53 Å². The van der Waals surface area contributed by atoms with Crippen molar-refractivity contribution in [3.63, 3.8) is 0 Å². The third-order valence-electron chi connectivity index (χ3n) is 5.18. The van der Waals surface area contributed by atoms with Crippen LogP contribution in [0, 0.1) is 19.8 Å². The number of rotatable bonds is 1. The molecule has 1 atom stereocenters. The first-order chi connectivity index (χ1) is 9.57. The molecule has 0 aliphatic carbocycles. The van der Waals surface area contributed by atoms with Crippen LogP contribution in [0.2, 0.25) is 0 Å². The molecule has 4 aliphatic heterocycles. The van der Waals surface area contributed by atoms with Gasteiger partial charge in [-0.25, -0.2) is 4.79 Å². The summed E-state index contributed by atoms with van der Waals surface area (Å²) in [6, 6.07) is 2.11. The fraction of sp³-hybridized carbons (Fsp3) is 0.667. The lowest BCUT2D eigenvalue weighted by atomic mass is 9.75. The molecular weight excluding hydrogens is 272 g/mol. The zero-order valence-electron chi connectivity index (χ0n) is 12.0. The van der Waals surface area contributed by atoms with Crippen molar-refractivity contribution in [1.29, 1.82) is 0 Å². The number of fused-ring (bicyclic) bond motifs is 2. The molecule has 5 heterocycles. The highest BCUT2D eigenvalue weighted by atomic mass is 32.1. The predicted octanol–water partition coefficient (Wildman–Crippen LogP) is 2.79. The number of amides is 1. The predicted molar refractivity (Wildman–Crippen MR) is 79.5 cm³/mol. The van der Waals surface area contributed by atoms with E-state index in [1.54, 1.807) is 11.3 Å². The number of anilines is 1. The van der Waals surface area contributed by atoms with Crippen LogP contribution in [0.5, 0.6) is 0 Å². The zero-order valence-corrected chi connectivity index (χ0v) is 12.8. The maximum atomic E-state index is 12.3. The number of thiophene rings is 1. The van der Waals surface area contributed by atoms with Gasteiger partial charge in [0.1, 0.15) is 10.6 Å². The SMILES string of the molecule is Cc1cc(N2C[C@@]3(CN4CCC3CC4)OC2=O)sc1C. The van der Waals surface area contributed by atoms with Gasteiger partial charge in [-0.05, 0) is 51.4 Å². The monoisotopic (exact) mass is 292 g/mol. The van der Waals surface area contributed by atoms with Crippen molar-refractivity contribution in [2.24, 2.45) is 5.92 Å². The summed E-state index contributed by atoms with van der Waals surface area (Å²) < 4.78 is 5.89. The van der Waals surface area contributed by atoms with Gasteiger partial charge in [0.25, 0.3) is 0 Å². The Hall–Kier alpha value is -1.07. The standard InChI is InChI=1S/C15H20N2O2S/c1-10-7-13(20-11(10)2)17-9-15(19-14(17)18)8-16-5-3-12(15)4-6-16/h7,12H,3-6,8-9H2,1-2H3/t15-/m1/s1. The van der Waals surface area contributed by atoms with Crippen molar-refractivity contribution in [1.82, 2.24) is 4.90 Å². The lowest BCUT2D eigenvalue weighted by Crippen LogP contribution is -2.61. The maximum absolute atomic E-state index is 12.3. The molecule has 5 heteroatoms. The van der Waals surface area contributed by atoms with Crippen LogP contribution in [0.1, 0.15) is 23.3 Å². The molecule has 0 saturated carbocycles. The summed E-state index contributed by atoms with van der Waals surface area (Å²) in [6.45, 7) is 8.19. The Labute approximate surface area is 123 Å². The molecule has 1 aromatic heterocycles. The molecule has 4 nitrogen and oxygen atoms in total. The van der Waals surface area contributed by atoms with Gasteiger partial charge in [-0.15, -0.1) is 11.3 Å². The minimum Gasteiger partial charge on any atom is -0.439 e. The number of aryl methyl sites for hydroxylation is 2. The van der Waals surface area contributed by atoms with Crippen molar-refractivity contribution in [2.45, 2.75) is 32.3 Å². The smallest absolute Gasteiger partial charge is 0.415 e. The van der Waals surface area contributed by atoms with Crippen LogP contribution in [0.3, 0.4) is 0 Å². The molecule has 20 heavy (non-hydrogen) atoms. The molecule has 2 bridgehead atoms. The molecule has 0 N–H and O–H groups in total. The van der Waals surface area contributed by atoms with E-state index in [1.807, 2.05) is 4.90 Å². The van der Waals surface area contributed by atoms with Gasteiger partial charge >= 0.3 is 6.09 Å². The van der Waals surface area contributed by atoms with E-state index in [0.717, 1.165) is 18.1 Å². The lowest BCUT2D eigenvalue weighted by molar-refractivity contribution is -0.0881.